The summed E-state index contributed by atoms with van der Waals surface area (Å²) in [4.78, 5) is 12.0. The molecule has 0 bridgehead atoms. The maximum Gasteiger partial charge on any atom is 0.152 e. The zero-order chi connectivity index (χ0) is 12.9. The van der Waals surface area contributed by atoms with Gasteiger partial charge in [-0.15, -0.1) is 0 Å². The molecule has 0 atom stereocenters. The van der Waals surface area contributed by atoms with Crippen LogP contribution in [-0.4, -0.2) is 31.2 Å². The van der Waals surface area contributed by atoms with E-state index in [1.165, 1.54) is 0 Å². The van der Waals surface area contributed by atoms with Gasteiger partial charge in [0.05, 0.1) is 11.3 Å². The molecule has 17 heavy (non-hydrogen) atoms. The zero-order valence-corrected chi connectivity index (χ0v) is 11.4. The highest BCUT2D eigenvalue weighted by molar-refractivity contribution is 7.91. The van der Waals surface area contributed by atoms with Gasteiger partial charge in [0.25, 0.3) is 0 Å². The van der Waals surface area contributed by atoms with Crippen LogP contribution in [0.1, 0.15) is 51.9 Å². The molecule has 0 radical (unpaired) electrons. The van der Waals surface area contributed by atoms with Gasteiger partial charge in [-0.1, -0.05) is 26.2 Å². The van der Waals surface area contributed by atoms with E-state index in [1.54, 1.807) is 6.92 Å². The van der Waals surface area contributed by atoms with Gasteiger partial charge < -0.3 is 5.73 Å². The number of sulfone groups is 1. The fourth-order valence-electron chi connectivity index (χ4n) is 2.31. The third-order valence-electron chi connectivity index (χ3n) is 3.60. The summed E-state index contributed by atoms with van der Waals surface area (Å²) in [5.74, 6) is 0.295. The molecule has 0 spiro atoms. The first-order valence-electron chi connectivity index (χ1n) is 6.42. The maximum atomic E-state index is 12.0. The molecule has 1 fully saturated rings. The molecule has 0 amide bonds. The molecule has 0 aromatic carbocycles. The van der Waals surface area contributed by atoms with E-state index >= 15 is 0 Å². The lowest BCUT2D eigenvalue weighted by Gasteiger charge is -2.31. The average molecular weight is 261 g/mol. The Kier molecular flexibility index (Phi) is 5.13. The molecule has 0 aromatic heterocycles. The minimum atomic E-state index is -2.96. The van der Waals surface area contributed by atoms with E-state index in [0.717, 1.165) is 32.1 Å². The molecule has 1 aliphatic rings. The lowest BCUT2D eigenvalue weighted by molar-refractivity contribution is -0.125. The van der Waals surface area contributed by atoms with Crippen molar-refractivity contribution >= 4 is 15.6 Å². The Morgan fingerprint density at radius 2 is 1.82 bits per heavy atom. The molecule has 4 nitrogen and oxygen atoms in total. The Morgan fingerprint density at radius 1 is 1.24 bits per heavy atom. The Morgan fingerprint density at radius 3 is 2.35 bits per heavy atom. The van der Waals surface area contributed by atoms with Crippen LogP contribution in [0.3, 0.4) is 0 Å². The number of rotatable bonds is 6. The molecule has 1 aliphatic carbocycles. The van der Waals surface area contributed by atoms with Crippen LogP contribution in [0.15, 0.2) is 0 Å². The second-order valence-electron chi connectivity index (χ2n) is 4.98. The van der Waals surface area contributed by atoms with Crippen LogP contribution in [0.25, 0.3) is 0 Å². The molecule has 5 heteroatoms. The fraction of sp³-hybridized carbons (Fsp3) is 0.917. The summed E-state index contributed by atoms with van der Waals surface area (Å²) in [6.07, 6.45) is 5.39. The largest absolute Gasteiger partial charge is 0.319 e. The van der Waals surface area contributed by atoms with Crippen LogP contribution in [0, 0.1) is 0 Å². The minimum absolute atomic E-state index is 0.0449. The highest BCUT2D eigenvalue weighted by Crippen LogP contribution is 2.27. The van der Waals surface area contributed by atoms with Crippen molar-refractivity contribution in [2.75, 3.05) is 11.5 Å². The first-order chi connectivity index (χ1) is 7.90. The topological polar surface area (TPSA) is 77.2 Å². The van der Waals surface area contributed by atoms with Crippen molar-refractivity contribution in [3.05, 3.63) is 0 Å². The Hall–Kier alpha value is -0.420. The molecule has 0 unspecified atom stereocenters. The van der Waals surface area contributed by atoms with Crippen LogP contribution in [-0.2, 0) is 14.6 Å². The summed E-state index contributed by atoms with van der Waals surface area (Å²) in [6, 6.07) is 0. The second kappa shape index (κ2) is 5.96. The molecule has 0 aliphatic heterocycles. The number of nitrogens with two attached hydrogens (primary N) is 1. The van der Waals surface area contributed by atoms with Gasteiger partial charge in [-0.05, 0) is 19.3 Å². The van der Waals surface area contributed by atoms with Gasteiger partial charge in [-0.2, -0.15) is 0 Å². The van der Waals surface area contributed by atoms with Gasteiger partial charge in [0, 0.05) is 12.2 Å². The van der Waals surface area contributed by atoms with Crippen LogP contribution in [0.2, 0.25) is 0 Å². The van der Waals surface area contributed by atoms with E-state index in [9.17, 15) is 13.2 Å². The van der Waals surface area contributed by atoms with Crippen LogP contribution in [0.4, 0.5) is 0 Å². The van der Waals surface area contributed by atoms with Crippen molar-refractivity contribution in [3.63, 3.8) is 0 Å². The van der Waals surface area contributed by atoms with Crippen LogP contribution in [0.5, 0.6) is 0 Å². The van der Waals surface area contributed by atoms with Crippen LogP contribution >= 0.6 is 0 Å². The highest BCUT2D eigenvalue weighted by atomic mass is 32.2. The van der Waals surface area contributed by atoms with E-state index in [1.807, 2.05) is 0 Å². The van der Waals surface area contributed by atoms with Gasteiger partial charge in [-0.25, -0.2) is 8.42 Å². The Bertz CT molecular complexity index is 356. The van der Waals surface area contributed by atoms with E-state index < -0.39 is 15.4 Å². The van der Waals surface area contributed by atoms with Gasteiger partial charge in [0.2, 0.25) is 0 Å². The van der Waals surface area contributed by atoms with Crippen LogP contribution < -0.4 is 5.73 Å². The summed E-state index contributed by atoms with van der Waals surface area (Å²) in [5, 5.41) is 0. The van der Waals surface area contributed by atoms with Crippen molar-refractivity contribution in [3.8, 4) is 0 Å². The zero-order valence-electron chi connectivity index (χ0n) is 10.6. The monoisotopic (exact) mass is 261 g/mol. The smallest absolute Gasteiger partial charge is 0.152 e. The number of ketones is 1. The van der Waals surface area contributed by atoms with Crippen molar-refractivity contribution < 1.29 is 13.2 Å². The highest BCUT2D eigenvalue weighted by Gasteiger charge is 2.34. The molecule has 2 N–H and O–H groups in total. The predicted molar refractivity (Wildman–Crippen MR) is 68.6 cm³/mol. The van der Waals surface area contributed by atoms with Gasteiger partial charge in [0.15, 0.2) is 5.78 Å². The van der Waals surface area contributed by atoms with E-state index in [2.05, 4.69) is 0 Å². The molecule has 0 saturated heterocycles. The molecule has 1 saturated carbocycles. The Balaban J connectivity index is 2.39. The summed E-state index contributed by atoms with van der Waals surface area (Å²) < 4.78 is 22.6. The molecule has 100 valence electrons. The number of Topliss-reactive ketones (excluding diaryl/α,β-unsaturated/α-hetero) is 1. The lowest BCUT2D eigenvalue weighted by atomic mass is 9.78. The van der Waals surface area contributed by atoms with E-state index in [-0.39, 0.29) is 17.3 Å². The number of hydrogen-bond donors (Lipinski definition) is 1. The molecule has 0 heterocycles. The molecule has 0 aromatic rings. The Labute approximate surface area is 104 Å². The first kappa shape index (κ1) is 14.6. The number of carbonyl (C=O) groups is 1. The van der Waals surface area contributed by atoms with Crippen molar-refractivity contribution in [2.24, 2.45) is 5.73 Å². The van der Waals surface area contributed by atoms with Gasteiger partial charge in [-0.3, -0.25) is 4.79 Å². The summed E-state index contributed by atoms with van der Waals surface area (Å²) in [7, 11) is -2.96. The number of hydrogen-bond acceptors (Lipinski definition) is 4. The summed E-state index contributed by atoms with van der Waals surface area (Å²) in [6.45, 7) is 1.63. The van der Waals surface area contributed by atoms with Crippen molar-refractivity contribution in [1.82, 2.24) is 0 Å². The third kappa shape index (κ3) is 4.39. The van der Waals surface area contributed by atoms with Gasteiger partial charge >= 0.3 is 0 Å². The number of carbonyl (C=O) groups excluding carboxylic acids is 1. The molecule has 1 rings (SSSR count). The van der Waals surface area contributed by atoms with E-state index in [4.69, 9.17) is 5.73 Å². The quantitative estimate of drug-likeness (QED) is 0.784. The lowest BCUT2D eigenvalue weighted by Crippen LogP contribution is -2.49. The summed E-state index contributed by atoms with van der Waals surface area (Å²) in [5.41, 5.74) is 5.41. The maximum absolute atomic E-state index is 12.0. The molecular weight excluding hydrogens is 238 g/mol. The normalized spacial score (nSPS) is 20.1. The standard InChI is InChI=1S/C12H23NO3S/c1-2-17(15,16)10-6-7-11(14)12(13)8-4-3-5-9-12/h2-10,13H2,1H3. The average Bonchev–Trinajstić information content (AvgIpc) is 2.29. The molecular formula is C12H23NO3S. The third-order valence-corrected chi connectivity index (χ3v) is 5.39. The van der Waals surface area contributed by atoms with Crippen molar-refractivity contribution in [2.45, 2.75) is 57.4 Å². The minimum Gasteiger partial charge on any atom is -0.319 e. The van der Waals surface area contributed by atoms with Crippen molar-refractivity contribution in [1.29, 1.82) is 0 Å². The summed E-state index contributed by atoms with van der Waals surface area (Å²) >= 11 is 0. The first-order valence-corrected chi connectivity index (χ1v) is 8.24. The van der Waals surface area contributed by atoms with E-state index in [0.29, 0.717) is 12.8 Å². The predicted octanol–water partition coefficient (Wildman–Crippen LogP) is 1.43. The second-order valence-corrected chi connectivity index (χ2v) is 7.45. The fourth-order valence-corrected chi connectivity index (χ4v) is 3.18. The van der Waals surface area contributed by atoms with Gasteiger partial charge in [0.1, 0.15) is 9.84 Å². The SMILES string of the molecule is CCS(=O)(=O)CCCC(=O)C1(N)CCCCC1.